The Morgan fingerprint density at radius 1 is 1.39 bits per heavy atom. The van der Waals surface area contributed by atoms with Gasteiger partial charge in [-0.3, -0.25) is 4.68 Å². The third kappa shape index (κ3) is 3.39. The van der Waals surface area contributed by atoms with Crippen molar-refractivity contribution < 1.29 is 9.47 Å². The number of rotatable bonds is 4. The van der Waals surface area contributed by atoms with Crippen molar-refractivity contribution in [2.75, 3.05) is 12.1 Å². The van der Waals surface area contributed by atoms with Gasteiger partial charge in [-0.15, -0.1) is 0 Å². The SMILES string of the molecule is CCn1cc(C(C)NC(=S)Nc2ccc3c(c2)OCO3)c(C)n1. The second-order valence-electron chi connectivity index (χ2n) is 5.41. The average Bonchev–Trinajstić information content (AvgIpc) is 3.12. The van der Waals surface area contributed by atoms with E-state index in [2.05, 4.69) is 35.8 Å². The Hall–Kier alpha value is -2.28. The number of ether oxygens (including phenoxy) is 2. The van der Waals surface area contributed by atoms with Crippen LogP contribution in [0.1, 0.15) is 31.1 Å². The molecule has 0 aliphatic carbocycles. The zero-order valence-electron chi connectivity index (χ0n) is 13.4. The maximum atomic E-state index is 5.40. The predicted octanol–water partition coefficient (Wildman–Crippen LogP) is 2.99. The molecule has 0 bridgehead atoms. The molecule has 0 saturated heterocycles. The molecule has 0 spiro atoms. The summed E-state index contributed by atoms with van der Waals surface area (Å²) in [6.45, 7) is 7.26. The van der Waals surface area contributed by atoms with Crippen LogP contribution in [0.25, 0.3) is 0 Å². The molecule has 1 aliphatic heterocycles. The van der Waals surface area contributed by atoms with Crippen LogP contribution in [-0.2, 0) is 6.54 Å². The summed E-state index contributed by atoms with van der Waals surface area (Å²) in [5.41, 5.74) is 3.01. The van der Waals surface area contributed by atoms with Crippen molar-refractivity contribution in [1.82, 2.24) is 15.1 Å². The van der Waals surface area contributed by atoms with E-state index >= 15 is 0 Å². The van der Waals surface area contributed by atoms with Gasteiger partial charge in [0, 0.05) is 30.1 Å². The number of anilines is 1. The Morgan fingerprint density at radius 2 is 2.17 bits per heavy atom. The Morgan fingerprint density at radius 3 is 2.91 bits per heavy atom. The standard InChI is InChI=1S/C16H20N4O2S/c1-4-20-8-13(11(3)19-20)10(2)17-16(23)18-12-5-6-14-15(7-12)22-9-21-14/h5-8,10H,4,9H2,1-3H3,(H2,17,18,23). The molecule has 7 heteroatoms. The summed E-state index contributed by atoms with van der Waals surface area (Å²) >= 11 is 5.40. The van der Waals surface area contributed by atoms with Gasteiger partial charge in [0.15, 0.2) is 16.6 Å². The van der Waals surface area contributed by atoms with Crippen molar-refractivity contribution in [3.63, 3.8) is 0 Å². The average molecular weight is 332 g/mol. The number of nitrogens with zero attached hydrogens (tertiary/aromatic N) is 2. The Balaban J connectivity index is 1.63. The summed E-state index contributed by atoms with van der Waals surface area (Å²) in [4.78, 5) is 0. The molecule has 23 heavy (non-hydrogen) atoms. The molecular weight excluding hydrogens is 312 g/mol. The van der Waals surface area contributed by atoms with Gasteiger partial charge in [0.05, 0.1) is 11.7 Å². The maximum Gasteiger partial charge on any atom is 0.231 e. The molecule has 1 atom stereocenters. The molecule has 0 saturated carbocycles. The highest BCUT2D eigenvalue weighted by atomic mass is 32.1. The number of nitrogens with one attached hydrogen (secondary N) is 2. The third-order valence-corrected chi connectivity index (χ3v) is 3.97. The van der Waals surface area contributed by atoms with E-state index in [1.807, 2.05) is 29.8 Å². The molecule has 0 radical (unpaired) electrons. The van der Waals surface area contributed by atoms with Crippen LogP contribution in [0.15, 0.2) is 24.4 Å². The molecule has 0 fully saturated rings. The van der Waals surface area contributed by atoms with Gasteiger partial charge in [-0.1, -0.05) is 0 Å². The molecular formula is C16H20N4O2S. The van der Waals surface area contributed by atoms with Crippen molar-refractivity contribution >= 4 is 23.0 Å². The highest BCUT2D eigenvalue weighted by Gasteiger charge is 2.15. The van der Waals surface area contributed by atoms with Crippen molar-refractivity contribution in [1.29, 1.82) is 0 Å². The summed E-state index contributed by atoms with van der Waals surface area (Å²) in [6, 6.07) is 5.73. The molecule has 1 aliphatic rings. The van der Waals surface area contributed by atoms with Crippen molar-refractivity contribution in [2.24, 2.45) is 0 Å². The molecule has 1 aromatic heterocycles. The number of aryl methyl sites for hydroxylation is 2. The van der Waals surface area contributed by atoms with Gasteiger partial charge in [-0.25, -0.2) is 0 Å². The van der Waals surface area contributed by atoms with Crippen LogP contribution in [0.5, 0.6) is 11.5 Å². The summed E-state index contributed by atoms with van der Waals surface area (Å²) in [6.07, 6.45) is 2.05. The topological polar surface area (TPSA) is 60.3 Å². The number of aromatic nitrogens is 2. The molecule has 1 aromatic carbocycles. The lowest BCUT2D eigenvalue weighted by molar-refractivity contribution is 0.174. The van der Waals surface area contributed by atoms with E-state index in [-0.39, 0.29) is 12.8 Å². The summed E-state index contributed by atoms with van der Waals surface area (Å²) in [5.74, 6) is 1.48. The van der Waals surface area contributed by atoms with Gasteiger partial charge in [-0.2, -0.15) is 5.10 Å². The molecule has 3 rings (SSSR count). The summed E-state index contributed by atoms with van der Waals surface area (Å²) in [7, 11) is 0. The number of thiocarbonyl (C=S) groups is 1. The Kier molecular flexibility index (Phi) is 4.38. The Bertz CT molecular complexity index is 729. The van der Waals surface area contributed by atoms with Gasteiger partial charge in [-0.05, 0) is 45.1 Å². The Labute approximate surface area is 140 Å². The van der Waals surface area contributed by atoms with Crippen LogP contribution >= 0.6 is 12.2 Å². The van der Waals surface area contributed by atoms with Crippen LogP contribution in [0.3, 0.4) is 0 Å². The number of benzene rings is 1. The van der Waals surface area contributed by atoms with Crippen molar-refractivity contribution in [3.8, 4) is 11.5 Å². The highest BCUT2D eigenvalue weighted by molar-refractivity contribution is 7.80. The first-order valence-corrected chi connectivity index (χ1v) is 7.98. The van der Waals surface area contributed by atoms with Crippen LogP contribution in [0, 0.1) is 6.92 Å². The van der Waals surface area contributed by atoms with Gasteiger partial charge in [0.25, 0.3) is 0 Å². The zero-order chi connectivity index (χ0) is 16.4. The fourth-order valence-corrected chi connectivity index (χ4v) is 2.83. The lowest BCUT2D eigenvalue weighted by Crippen LogP contribution is -2.31. The summed E-state index contributed by atoms with van der Waals surface area (Å²) in [5, 5.41) is 11.5. The van der Waals surface area contributed by atoms with Crippen LogP contribution in [-0.4, -0.2) is 21.7 Å². The molecule has 0 amide bonds. The third-order valence-electron chi connectivity index (χ3n) is 3.75. The fourth-order valence-electron chi connectivity index (χ4n) is 2.54. The first-order chi connectivity index (χ1) is 11.1. The first kappa shape index (κ1) is 15.6. The molecule has 122 valence electrons. The van der Waals surface area contributed by atoms with Gasteiger partial charge in [0.1, 0.15) is 0 Å². The van der Waals surface area contributed by atoms with E-state index in [0.717, 1.165) is 35.0 Å². The highest BCUT2D eigenvalue weighted by Crippen LogP contribution is 2.34. The lowest BCUT2D eigenvalue weighted by atomic mass is 10.1. The minimum Gasteiger partial charge on any atom is -0.454 e. The first-order valence-electron chi connectivity index (χ1n) is 7.58. The van der Waals surface area contributed by atoms with E-state index < -0.39 is 0 Å². The van der Waals surface area contributed by atoms with E-state index in [1.165, 1.54) is 0 Å². The van der Waals surface area contributed by atoms with Crippen molar-refractivity contribution in [3.05, 3.63) is 35.7 Å². The minimum atomic E-state index is 0.0734. The maximum absolute atomic E-state index is 5.40. The van der Waals surface area contributed by atoms with Gasteiger partial charge in [0.2, 0.25) is 6.79 Å². The minimum absolute atomic E-state index is 0.0734. The van der Waals surface area contributed by atoms with E-state index in [1.54, 1.807) is 0 Å². The molecule has 1 unspecified atom stereocenters. The van der Waals surface area contributed by atoms with E-state index in [9.17, 15) is 0 Å². The molecule has 6 nitrogen and oxygen atoms in total. The predicted molar refractivity (Wildman–Crippen MR) is 93.0 cm³/mol. The normalized spacial score (nSPS) is 13.7. The molecule has 2 N–H and O–H groups in total. The van der Waals surface area contributed by atoms with Crippen LogP contribution in [0.2, 0.25) is 0 Å². The largest absolute Gasteiger partial charge is 0.454 e. The van der Waals surface area contributed by atoms with Gasteiger partial charge < -0.3 is 20.1 Å². The smallest absolute Gasteiger partial charge is 0.231 e. The van der Waals surface area contributed by atoms with E-state index in [0.29, 0.717) is 5.11 Å². The van der Waals surface area contributed by atoms with Crippen LogP contribution < -0.4 is 20.1 Å². The molecule has 2 heterocycles. The second kappa shape index (κ2) is 6.45. The number of fused-ring (bicyclic) bond motifs is 1. The zero-order valence-corrected chi connectivity index (χ0v) is 14.2. The van der Waals surface area contributed by atoms with Crippen LogP contribution in [0.4, 0.5) is 5.69 Å². The quantitative estimate of drug-likeness (QED) is 0.840. The summed E-state index contributed by atoms with van der Waals surface area (Å²) < 4.78 is 12.6. The van der Waals surface area contributed by atoms with Crippen molar-refractivity contribution in [2.45, 2.75) is 33.4 Å². The number of hydrogen-bond donors (Lipinski definition) is 2. The number of hydrogen-bond acceptors (Lipinski definition) is 4. The molecule has 2 aromatic rings. The lowest BCUT2D eigenvalue weighted by Gasteiger charge is -2.16. The van der Waals surface area contributed by atoms with E-state index in [4.69, 9.17) is 21.7 Å². The monoisotopic (exact) mass is 332 g/mol. The second-order valence-corrected chi connectivity index (χ2v) is 5.82. The van der Waals surface area contributed by atoms with Gasteiger partial charge >= 0.3 is 0 Å². The fraction of sp³-hybridized carbons (Fsp3) is 0.375.